The molecule has 2 aliphatic rings. The Bertz CT molecular complexity index is 710. The predicted molar refractivity (Wildman–Crippen MR) is 118 cm³/mol. The Morgan fingerprint density at radius 1 is 1.07 bits per heavy atom. The summed E-state index contributed by atoms with van der Waals surface area (Å²) in [6.45, 7) is 3.04. The number of hydrogen-bond donors (Lipinski definition) is 2. The van der Waals surface area contributed by atoms with E-state index in [0.717, 1.165) is 0 Å². The van der Waals surface area contributed by atoms with Gasteiger partial charge in [0.15, 0.2) is 5.96 Å². The Balaban J connectivity index is 0.00000320. The number of halogens is 6. The number of para-hydroxylation sites is 1. The van der Waals surface area contributed by atoms with Crippen LogP contribution in [-0.2, 0) is 0 Å². The first-order valence-electron chi connectivity index (χ1n) is 9.80. The maximum atomic E-state index is 14.0. The Hall–Kier alpha value is -1.37. The quantitative estimate of drug-likeness (QED) is 0.257. The zero-order valence-corrected chi connectivity index (χ0v) is 19.0. The van der Waals surface area contributed by atoms with Crippen molar-refractivity contribution in [1.82, 2.24) is 15.5 Å². The van der Waals surface area contributed by atoms with Gasteiger partial charge in [-0.2, -0.15) is 13.2 Å². The lowest BCUT2D eigenvalue weighted by Crippen LogP contribution is -2.49. The summed E-state index contributed by atoms with van der Waals surface area (Å²) in [4.78, 5) is 7.40. The Labute approximate surface area is 190 Å². The molecule has 0 aliphatic carbocycles. The van der Waals surface area contributed by atoms with Crippen molar-refractivity contribution in [2.45, 2.75) is 38.0 Å². The highest BCUT2D eigenvalue weighted by molar-refractivity contribution is 14.0. The highest BCUT2D eigenvalue weighted by atomic mass is 127. The number of guanidine groups is 1. The van der Waals surface area contributed by atoms with E-state index in [1.807, 2.05) is 6.92 Å². The van der Waals surface area contributed by atoms with Crippen LogP contribution in [0.5, 0.6) is 0 Å². The van der Waals surface area contributed by atoms with E-state index >= 15 is 0 Å². The van der Waals surface area contributed by atoms with Gasteiger partial charge in [-0.25, -0.2) is 8.78 Å². The molecule has 1 aromatic rings. The Morgan fingerprint density at radius 3 is 2.27 bits per heavy atom. The molecule has 0 saturated carbocycles. The van der Waals surface area contributed by atoms with Crippen LogP contribution in [0.2, 0.25) is 0 Å². The molecular weight excluding hydrogens is 520 g/mol. The SMILES string of the molecule is CCN=C(NC1CCN(CC(F)(F)F)C1)NC1CCN(c2c(F)cccc2F)C1.I. The largest absolute Gasteiger partial charge is 0.401 e. The number of aliphatic imine (C=N–C) groups is 1. The minimum Gasteiger partial charge on any atom is -0.365 e. The third-order valence-corrected chi connectivity index (χ3v) is 5.12. The van der Waals surface area contributed by atoms with Crippen molar-refractivity contribution < 1.29 is 22.0 Å². The van der Waals surface area contributed by atoms with E-state index in [1.54, 1.807) is 4.90 Å². The normalized spacial score (nSPS) is 22.9. The van der Waals surface area contributed by atoms with Crippen molar-refractivity contribution in [3.8, 4) is 0 Å². The van der Waals surface area contributed by atoms with E-state index in [9.17, 15) is 22.0 Å². The highest BCUT2D eigenvalue weighted by Gasteiger charge is 2.35. The second kappa shape index (κ2) is 10.8. The Kier molecular flexibility index (Phi) is 8.95. The fraction of sp³-hybridized carbons (Fsp3) is 0.632. The molecule has 1 aromatic carbocycles. The maximum Gasteiger partial charge on any atom is 0.401 e. The van der Waals surface area contributed by atoms with Crippen molar-refractivity contribution in [1.29, 1.82) is 0 Å². The zero-order chi connectivity index (χ0) is 21.0. The van der Waals surface area contributed by atoms with Gasteiger partial charge < -0.3 is 15.5 Å². The van der Waals surface area contributed by atoms with Gasteiger partial charge >= 0.3 is 6.18 Å². The molecule has 2 atom stereocenters. The van der Waals surface area contributed by atoms with Gasteiger partial charge in [-0.1, -0.05) is 6.07 Å². The van der Waals surface area contributed by atoms with Crippen LogP contribution >= 0.6 is 24.0 Å². The first-order valence-corrected chi connectivity index (χ1v) is 9.80. The van der Waals surface area contributed by atoms with Crippen LogP contribution in [-0.4, -0.2) is 68.4 Å². The van der Waals surface area contributed by atoms with E-state index < -0.39 is 24.4 Å². The highest BCUT2D eigenvalue weighted by Crippen LogP contribution is 2.26. The average Bonchev–Trinajstić information content (AvgIpc) is 3.23. The molecule has 30 heavy (non-hydrogen) atoms. The zero-order valence-electron chi connectivity index (χ0n) is 16.7. The summed E-state index contributed by atoms with van der Waals surface area (Å²) in [6, 6.07) is 3.60. The average molecular weight is 547 g/mol. The summed E-state index contributed by atoms with van der Waals surface area (Å²) in [5, 5.41) is 6.46. The molecule has 2 heterocycles. The minimum absolute atomic E-state index is 0. The number of likely N-dealkylation sites (tertiary alicyclic amines) is 1. The number of rotatable bonds is 5. The first-order chi connectivity index (χ1) is 13.7. The summed E-state index contributed by atoms with van der Waals surface area (Å²) < 4.78 is 65.7. The number of benzene rings is 1. The lowest BCUT2D eigenvalue weighted by atomic mass is 10.2. The van der Waals surface area contributed by atoms with Gasteiger partial charge in [0, 0.05) is 44.8 Å². The number of nitrogens with zero attached hydrogens (tertiary/aromatic N) is 3. The number of anilines is 1. The monoisotopic (exact) mass is 547 g/mol. The molecular formula is C19H27F5IN5. The lowest BCUT2D eigenvalue weighted by molar-refractivity contribution is -0.143. The third kappa shape index (κ3) is 6.82. The maximum absolute atomic E-state index is 14.0. The van der Waals surface area contributed by atoms with Crippen molar-refractivity contribution in [2.75, 3.05) is 44.2 Å². The minimum atomic E-state index is -4.21. The number of nitrogens with one attached hydrogen (secondary N) is 2. The molecule has 11 heteroatoms. The standard InChI is InChI=1S/C19H26F5N5.HI/c1-2-25-18(26-13-6-8-28(10-13)12-19(22,23)24)27-14-7-9-29(11-14)17-15(20)4-3-5-16(17)21;/h3-5,13-14H,2,6-12H2,1H3,(H2,25,26,27);1H. The summed E-state index contributed by atoms with van der Waals surface area (Å²) >= 11 is 0. The van der Waals surface area contributed by atoms with Gasteiger partial charge in [-0.3, -0.25) is 9.89 Å². The Morgan fingerprint density at radius 2 is 1.67 bits per heavy atom. The second-order valence-corrected chi connectivity index (χ2v) is 7.45. The third-order valence-electron chi connectivity index (χ3n) is 5.12. The van der Waals surface area contributed by atoms with Crippen molar-refractivity contribution in [2.24, 2.45) is 4.99 Å². The molecule has 5 nitrogen and oxygen atoms in total. The molecule has 2 fully saturated rings. The van der Waals surface area contributed by atoms with E-state index in [4.69, 9.17) is 0 Å². The molecule has 0 amide bonds. The lowest BCUT2D eigenvalue weighted by Gasteiger charge is -2.23. The van der Waals surface area contributed by atoms with Gasteiger partial charge in [0.1, 0.15) is 17.3 Å². The van der Waals surface area contributed by atoms with Crippen LogP contribution < -0.4 is 15.5 Å². The van der Waals surface area contributed by atoms with Crippen molar-refractivity contribution >= 4 is 35.6 Å². The van der Waals surface area contributed by atoms with Crippen LogP contribution in [0, 0.1) is 11.6 Å². The topological polar surface area (TPSA) is 42.9 Å². The molecule has 0 bridgehead atoms. The van der Waals surface area contributed by atoms with Crippen LogP contribution in [0.15, 0.2) is 23.2 Å². The summed E-state index contributed by atoms with van der Waals surface area (Å²) in [7, 11) is 0. The number of hydrogen-bond acceptors (Lipinski definition) is 3. The van der Waals surface area contributed by atoms with Crippen LogP contribution in [0.4, 0.5) is 27.6 Å². The van der Waals surface area contributed by atoms with E-state index in [2.05, 4.69) is 15.6 Å². The smallest absolute Gasteiger partial charge is 0.365 e. The number of alkyl halides is 3. The van der Waals surface area contributed by atoms with Crippen molar-refractivity contribution in [3.63, 3.8) is 0 Å². The van der Waals surface area contributed by atoms with Gasteiger partial charge in [-0.15, -0.1) is 24.0 Å². The molecule has 3 rings (SSSR count). The summed E-state index contributed by atoms with van der Waals surface area (Å²) in [5.41, 5.74) is -0.0303. The molecule has 0 spiro atoms. The first kappa shape index (κ1) is 24.9. The van der Waals surface area contributed by atoms with E-state index in [1.165, 1.54) is 23.1 Å². The molecule has 2 N–H and O–H groups in total. The second-order valence-electron chi connectivity index (χ2n) is 7.45. The van der Waals surface area contributed by atoms with Gasteiger partial charge in [-0.05, 0) is 31.9 Å². The molecule has 170 valence electrons. The van der Waals surface area contributed by atoms with Gasteiger partial charge in [0.05, 0.1) is 6.54 Å². The molecule has 0 radical (unpaired) electrons. The van der Waals surface area contributed by atoms with Crippen LogP contribution in [0.25, 0.3) is 0 Å². The predicted octanol–water partition coefficient (Wildman–Crippen LogP) is 3.35. The molecule has 0 aromatic heterocycles. The van der Waals surface area contributed by atoms with Crippen LogP contribution in [0.3, 0.4) is 0 Å². The summed E-state index contributed by atoms with van der Waals surface area (Å²) in [5.74, 6) is -0.670. The molecule has 2 saturated heterocycles. The summed E-state index contributed by atoms with van der Waals surface area (Å²) in [6.07, 6.45) is -2.94. The van der Waals surface area contributed by atoms with E-state index in [-0.39, 0.29) is 41.7 Å². The van der Waals surface area contributed by atoms with Crippen LogP contribution in [0.1, 0.15) is 19.8 Å². The molecule has 2 unspecified atom stereocenters. The van der Waals surface area contributed by atoms with Crippen molar-refractivity contribution in [3.05, 3.63) is 29.8 Å². The fourth-order valence-corrected chi connectivity index (χ4v) is 3.90. The molecule has 2 aliphatic heterocycles. The fourth-order valence-electron chi connectivity index (χ4n) is 3.90. The van der Waals surface area contributed by atoms with Gasteiger partial charge in [0.25, 0.3) is 0 Å². The van der Waals surface area contributed by atoms with Gasteiger partial charge in [0.2, 0.25) is 0 Å². The van der Waals surface area contributed by atoms with E-state index in [0.29, 0.717) is 51.5 Å².